The van der Waals surface area contributed by atoms with Crippen molar-refractivity contribution >= 4 is 29.3 Å². The lowest BCUT2D eigenvalue weighted by molar-refractivity contribution is 0.0793. The Balaban J connectivity index is 2.15. The number of hydrogen-bond donors (Lipinski definition) is 0. The molecular weight excluding hydrogens is 261 g/mol. The Bertz CT molecular complexity index is 441. The summed E-state index contributed by atoms with van der Waals surface area (Å²) >= 11 is 7.65. The minimum Gasteiger partial charge on any atom is -0.337 e. The summed E-state index contributed by atoms with van der Waals surface area (Å²) in [7, 11) is 0. The van der Waals surface area contributed by atoms with Crippen molar-refractivity contribution in [3.8, 4) is 0 Å². The van der Waals surface area contributed by atoms with Crippen molar-refractivity contribution in [3.05, 3.63) is 34.6 Å². The number of benzene rings is 1. The summed E-state index contributed by atoms with van der Waals surface area (Å²) in [5.41, 5.74) is 0.384. The molecule has 2 nitrogen and oxygen atoms in total. The molecule has 1 saturated heterocycles. The lowest BCUT2D eigenvalue weighted by Crippen LogP contribution is -2.29. The molecule has 92 valence electrons. The van der Waals surface area contributed by atoms with Gasteiger partial charge in [0.1, 0.15) is 5.82 Å². The molecule has 0 aromatic heterocycles. The van der Waals surface area contributed by atoms with Crippen LogP contribution in [0.2, 0.25) is 5.02 Å². The van der Waals surface area contributed by atoms with Gasteiger partial charge in [-0.15, -0.1) is 0 Å². The molecule has 0 aliphatic carbocycles. The van der Waals surface area contributed by atoms with E-state index >= 15 is 0 Å². The number of carbonyl (C=O) groups excluding carboxylic acids is 1. The van der Waals surface area contributed by atoms with Gasteiger partial charge >= 0.3 is 0 Å². The molecule has 1 aliphatic heterocycles. The quantitative estimate of drug-likeness (QED) is 0.825. The maximum atomic E-state index is 12.9. The molecule has 5 heteroatoms. The lowest BCUT2D eigenvalue weighted by Gasteiger charge is -2.16. The highest BCUT2D eigenvalue weighted by molar-refractivity contribution is 7.99. The monoisotopic (exact) mass is 273 g/mol. The van der Waals surface area contributed by atoms with E-state index in [2.05, 4.69) is 0 Å². The van der Waals surface area contributed by atoms with E-state index in [0.29, 0.717) is 10.8 Å². The van der Waals surface area contributed by atoms with Gasteiger partial charge in [0, 0.05) is 18.3 Å². The Labute approximate surface area is 109 Å². The summed E-state index contributed by atoms with van der Waals surface area (Å²) in [6.07, 6.45) is 3.05. The van der Waals surface area contributed by atoms with Crippen LogP contribution < -0.4 is 0 Å². The van der Waals surface area contributed by atoms with Gasteiger partial charge in [-0.05, 0) is 30.9 Å². The highest BCUT2D eigenvalue weighted by Crippen LogP contribution is 2.24. The molecule has 2 rings (SSSR count). The zero-order valence-corrected chi connectivity index (χ0v) is 11.0. The molecule has 0 radical (unpaired) electrons. The van der Waals surface area contributed by atoms with Crippen LogP contribution in [-0.2, 0) is 0 Å². The van der Waals surface area contributed by atoms with E-state index in [1.165, 1.54) is 18.2 Å². The molecule has 0 spiro atoms. The minimum absolute atomic E-state index is 0.105. The standard InChI is InChI=1S/C12H13ClFNOS/c1-17-9-4-5-15(7-9)12(16)10-3-2-8(14)6-11(10)13/h2-3,6,9H,4-5,7H2,1H3/t9-/m0/s1. The molecular formula is C12H13ClFNOS. The minimum atomic E-state index is -0.421. The van der Waals surface area contributed by atoms with Crippen molar-refractivity contribution in [2.75, 3.05) is 19.3 Å². The molecule has 1 amide bonds. The van der Waals surface area contributed by atoms with E-state index in [9.17, 15) is 9.18 Å². The smallest absolute Gasteiger partial charge is 0.255 e. The first kappa shape index (κ1) is 12.7. The molecule has 1 aromatic rings. The van der Waals surface area contributed by atoms with E-state index in [-0.39, 0.29) is 10.9 Å². The van der Waals surface area contributed by atoms with E-state index < -0.39 is 5.82 Å². The Morgan fingerprint density at radius 3 is 2.94 bits per heavy atom. The fourth-order valence-electron chi connectivity index (χ4n) is 1.94. The topological polar surface area (TPSA) is 20.3 Å². The van der Waals surface area contributed by atoms with Crippen LogP contribution in [0, 0.1) is 5.82 Å². The van der Waals surface area contributed by atoms with Gasteiger partial charge in [0.2, 0.25) is 0 Å². The van der Waals surface area contributed by atoms with Crippen LogP contribution in [0.1, 0.15) is 16.8 Å². The molecule has 17 heavy (non-hydrogen) atoms. The third-order valence-corrected chi connectivity index (χ3v) is 4.29. The fraction of sp³-hybridized carbons (Fsp3) is 0.417. The van der Waals surface area contributed by atoms with Gasteiger partial charge in [0.25, 0.3) is 5.91 Å². The van der Waals surface area contributed by atoms with Crippen LogP contribution >= 0.6 is 23.4 Å². The van der Waals surface area contributed by atoms with E-state index in [1.54, 1.807) is 16.7 Å². The van der Waals surface area contributed by atoms with Crippen LogP contribution in [-0.4, -0.2) is 35.4 Å². The average molecular weight is 274 g/mol. The maximum Gasteiger partial charge on any atom is 0.255 e. The number of hydrogen-bond acceptors (Lipinski definition) is 2. The van der Waals surface area contributed by atoms with Crippen molar-refractivity contribution in [3.63, 3.8) is 0 Å². The summed E-state index contributed by atoms with van der Waals surface area (Å²) in [5, 5.41) is 0.681. The second-order valence-corrected chi connectivity index (χ2v) is 5.57. The summed E-state index contributed by atoms with van der Waals surface area (Å²) in [6.45, 7) is 1.49. The predicted molar refractivity (Wildman–Crippen MR) is 69.2 cm³/mol. The number of nitrogens with zero attached hydrogens (tertiary/aromatic N) is 1. The lowest BCUT2D eigenvalue weighted by atomic mass is 10.2. The normalized spacial score (nSPS) is 19.7. The van der Waals surface area contributed by atoms with Crippen LogP contribution in [0.3, 0.4) is 0 Å². The molecule has 1 heterocycles. The highest BCUT2D eigenvalue weighted by atomic mass is 35.5. The summed E-state index contributed by atoms with van der Waals surface area (Å²) in [4.78, 5) is 13.9. The number of halogens is 2. The number of amides is 1. The van der Waals surface area contributed by atoms with E-state index in [1.807, 2.05) is 6.26 Å². The average Bonchev–Trinajstić information content (AvgIpc) is 2.76. The van der Waals surface area contributed by atoms with Crippen LogP contribution in [0.25, 0.3) is 0 Å². The Morgan fingerprint density at radius 1 is 1.59 bits per heavy atom. The van der Waals surface area contributed by atoms with Crippen molar-refractivity contribution < 1.29 is 9.18 Å². The number of rotatable bonds is 2. The number of thioether (sulfide) groups is 1. The highest BCUT2D eigenvalue weighted by Gasteiger charge is 2.27. The largest absolute Gasteiger partial charge is 0.337 e. The maximum absolute atomic E-state index is 12.9. The predicted octanol–water partition coefficient (Wildman–Crippen LogP) is 3.06. The second-order valence-electron chi connectivity index (χ2n) is 4.02. The van der Waals surface area contributed by atoms with Crippen LogP contribution in [0.4, 0.5) is 4.39 Å². The van der Waals surface area contributed by atoms with Crippen molar-refractivity contribution in [1.82, 2.24) is 4.90 Å². The zero-order chi connectivity index (χ0) is 12.4. The first-order valence-corrected chi connectivity index (χ1v) is 7.05. The molecule has 1 fully saturated rings. The third kappa shape index (κ3) is 2.75. The number of carbonyl (C=O) groups is 1. The van der Waals surface area contributed by atoms with Crippen LogP contribution in [0.15, 0.2) is 18.2 Å². The van der Waals surface area contributed by atoms with Gasteiger partial charge in [0.15, 0.2) is 0 Å². The fourth-order valence-corrected chi connectivity index (χ4v) is 2.86. The zero-order valence-electron chi connectivity index (χ0n) is 9.45. The first-order chi connectivity index (χ1) is 8.11. The van der Waals surface area contributed by atoms with Crippen molar-refractivity contribution in [1.29, 1.82) is 0 Å². The molecule has 1 atom stereocenters. The molecule has 0 bridgehead atoms. The Kier molecular flexibility index (Phi) is 3.94. The molecule has 0 N–H and O–H groups in total. The van der Waals surface area contributed by atoms with Gasteiger partial charge in [-0.1, -0.05) is 11.6 Å². The Morgan fingerprint density at radius 2 is 2.35 bits per heavy atom. The van der Waals surface area contributed by atoms with Crippen LogP contribution in [0.5, 0.6) is 0 Å². The number of likely N-dealkylation sites (tertiary alicyclic amines) is 1. The van der Waals surface area contributed by atoms with Gasteiger partial charge in [0.05, 0.1) is 10.6 Å². The third-order valence-electron chi connectivity index (χ3n) is 2.93. The Hall–Kier alpha value is -0.740. The molecule has 0 unspecified atom stereocenters. The van der Waals surface area contributed by atoms with Gasteiger partial charge in [-0.2, -0.15) is 11.8 Å². The van der Waals surface area contributed by atoms with Gasteiger partial charge < -0.3 is 4.90 Å². The molecule has 0 saturated carbocycles. The van der Waals surface area contributed by atoms with E-state index in [4.69, 9.17) is 11.6 Å². The summed E-state index contributed by atoms with van der Waals surface area (Å²) in [5.74, 6) is -0.526. The van der Waals surface area contributed by atoms with Gasteiger partial charge in [-0.3, -0.25) is 4.79 Å². The second kappa shape index (κ2) is 5.27. The molecule has 1 aliphatic rings. The summed E-state index contributed by atoms with van der Waals surface area (Å²) in [6, 6.07) is 3.89. The van der Waals surface area contributed by atoms with Crippen molar-refractivity contribution in [2.45, 2.75) is 11.7 Å². The molecule has 1 aromatic carbocycles. The first-order valence-electron chi connectivity index (χ1n) is 5.39. The summed E-state index contributed by atoms with van der Waals surface area (Å²) < 4.78 is 12.9. The SMILES string of the molecule is CS[C@H]1CCN(C(=O)c2ccc(F)cc2Cl)C1. The van der Waals surface area contributed by atoms with Crippen molar-refractivity contribution in [2.24, 2.45) is 0 Å². The van der Waals surface area contributed by atoms with Gasteiger partial charge in [-0.25, -0.2) is 4.39 Å². The van der Waals surface area contributed by atoms with E-state index in [0.717, 1.165) is 19.5 Å².